The molecule has 0 aliphatic carbocycles. The van der Waals surface area contributed by atoms with E-state index in [4.69, 9.17) is 27.4 Å². The molecule has 19 heavy (non-hydrogen) atoms. The second-order valence-corrected chi connectivity index (χ2v) is 5.52. The van der Waals surface area contributed by atoms with Crippen molar-refractivity contribution in [1.82, 2.24) is 0 Å². The highest BCUT2D eigenvalue weighted by Gasteiger charge is 2.37. The largest absolute Gasteiger partial charge is 0.497 e. The van der Waals surface area contributed by atoms with Gasteiger partial charge in [-0.05, 0) is 32.4 Å². The zero-order valence-electron chi connectivity index (χ0n) is 11.5. The third-order valence-corrected chi connectivity index (χ3v) is 4.02. The molecule has 2 atom stereocenters. The van der Waals surface area contributed by atoms with E-state index in [1.807, 2.05) is 18.2 Å². The van der Waals surface area contributed by atoms with Crippen molar-refractivity contribution in [3.63, 3.8) is 0 Å². The molecule has 1 aromatic carbocycles. The molecule has 1 saturated heterocycles. The van der Waals surface area contributed by atoms with E-state index in [9.17, 15) is 0 Å². The van der Waals surface area contributed by atoms with E-state index in [1.54, 1.807) is 7.11 Å². The van der Waals surface area contributed by atoms with Crippen LogP contribution in [0.5, 0.6) is 5.75 Å². The Bertz CT molecular complexity index is 492. The lowest BCUT2D eigenvalue weighted by Gasteiger charge is -2.31. The van der Waals surface area contributed by atoms with Crippen molar-refractivity contribution >= 4 is 22.9 Å². The summed E-state index contributed by atoms with van der Waals surface area (Å²) in [6.07, 6.45) is 1.08. The van der Waals surface area contributed by atoms with Crippen LogP contribution in [0.2, 0.25) is 0 Å². The molecular weight excluding hydrogens is 260 g/mol. The first-order valence-corrected chi connectivity index (χ1v) is 6.75. The lowest BCUT2D eigenvalue weighted by atomic mass is 9.93. The fourth-order valence-corrected chi connectivity index (χ4v) is 2.45. The highest BCUT2D eigenvalue weighted by Crippen LogP contribution is 2.32. The van der Waals surface area contributed by atoms with Gasteiger partial charge in [-0.3, -0.25) is 0 Å². The Morgan fingerprint density at radius 3 is 2.84 bits per heavy atom. The third-order valence-electron chi connectivity index (χ3n) is 3.80. The molecule has 2 rings (SSSR count). The van der Waals surface area contributed by atoms with E-state index < -0.39 is 0 Å². The minimum atomic E-state index is -0.119. The number of methoxy groups -OCH3 is 1. The first-order valence-electron chi connectivity index (χ1n) is 6.34. The highest BCUT2D eigenvalue weighted by atomic mass is 32.1. The summed E-state index contributed by atoms with van der Waals surface area (Å²) >= 11 is 5.10. The predicted octanol–water partition coefficient (Wildman–Crippen LogP) is 2.31. The lowest BCUT2D eigenvalue weighted by Crippen LogP contribution is -2.41. The van der Waals surface area contributed by atoms with Crippen molar-refractivity contribution in [3.05, 3.63) is 23.8 Å². The Labute approximate surface area is 119 Å². The zero-order valence-corrected chi connectivity index (χ0v) is 12.3. The SMILES string of the molecule is COc1ccc(C(N)=S)c(NC2(C)CCOC2C)c1. The molecular formula is C14H20N2O2S. The fourth-order valence-electron chi connectivity index (χ4n) is 2.28. The summed E-state index contributed by atoms with van der Waals surface area (Å²) in [4.78, 5) is 0.375. The number of nitrogens with two attached hydrogens (primary N) is 1. The van der Waals surface area contributed by atoms with Crippen LogP contribution in [-0.2, 0) is 4.74 Å². The molecule has 0 amide bonds. The summed E-state index contributed by atoms with van der Waals surface area (Å²) in [6, 6.07) is 5.66. The molecule has 0 bridgehead atoms. The van der Waals surface area contributed by atoms with Gasteiger partial charge in [0.15, 0.2) is 0 Å². The second-order valence-electron chi connectivity index (χ2n) is 5.08. The molecule has 0 aromatic heterocycles. The van der Waals surface area contributed by atoms with Gasteiger partial charge in [-0.2, -0.15) is 0 Å². The molecule has 0 radical (unpaired) electrons. The summed E-state index contributed by atoms with van der Waals surface area (Å²) in [7, 11) is 1.64. The van der Waals surface area contributed by atoms with E-state index in [2.05, 4.69) is 19.2 Å². The summed E-state index contributed by atoms with van der Waals surface area (Å²) in [6.45, 7) is 4.98. The van der Waals surface area contributed by atoms with Crippen LogP contribution in [0.1, 0.15) is 25.8 Å². The van der Waals surface area contributed by atoms with E-state index in [0.717, 1.165) is 30.0 Å². The van der Waals surface area contributed by atoms with Crippen LogP contribution >= 0.6 is 12.2 Å². The van der Waals surface area contributed by atoms with Gasteiger partial charge >= 0.3 is 0 Å². The van der Waals surface area contributed by atoms with E-state index in [-0.39, 0.29) is 11.6 Å². The number of hydrogen-bond donors (Lipinski definition) is 2. The molecule has 0 spiro atoms. The number of rotatable bonds is 4. The maximum absolute atomic E-state index is 5.78. The first kappa shape index (κ1) is 14.1. The maximum Gasteiger partial charge on any atom is 0.120 e. The monoisotopic (exact) mass is 280 g/mol. The summed E-state index contributed by atoms with van der Waals surface area (Å²) in [5.74, 6) is 0.776. The normalized spacial score (nSPS) is 26.2. The molecule has 4 nitrogen and oxygen atoms in total. The Kier molecular flexibility index (Phi) is 3.96. The second kappa shape index (κ2) is 5.35. The van der Waals surface area contributed by atoms with Crippen LogP contribution in [0.3, 0.4) is 0 Å². The van der Waals surface area contributed by atoms with Crippen LogP contribution in [0.4, 0.5) is 5.69 Å². The molecule has 1 fully saturated rings. The summed E-state index contributed by atoms with van der Waals surface area (Å²) in [5.41, 5.74) is 7.38. The van der Waals surface area contributed by atoms with Gasteiger partial charge in [0.2, 0.25) is 0 Å². The van der Waals surface area contributed by atoms with E-state index in [0.29, 0.717) is 4.99 Å². The average molecular weight is 280 g/mol. The van der Waals surface area contributed by atoms with Crippen molar-refractivity contribution in [1.29, 1.82) is 0 Å². The van der Waals surface area contributed by atoms with Gasteiger partial charge in [-0.15, -0.1) is 0 Å². The van der Waals surface area contributed by atoms with E-state index in [1.165, 1.54) is 0 Å². The number of ether oxygens (including phenoxy) is 2. The van der Waals surface area contributed by atoms with Gasteiger partial charge in [-0.25, -0.2) is 0 Å². The lowest BCUT2D eigenvalue weighted by molar-refractivity contribution is 0.105. The van der Waals surface area contributed by atoms with Crippen LogP contribution in [0.15, 0.2) is 18.2 Å². The smallest absolute Gasteiger partial charge is 0.120 e. The number of anilines is 1. The first-order chi connectivity index (χ1) is 8.96. The van der Waals surface area contributed by atoms with Crippen LogP contribution in [0.25, 0.3) is 0 Å². The van der Waals surface area contributed by atoms with Crippen molar-refractivity contribution in [2.45, 2.75) is 31.9 Å². The molecule has 104 valence electrons. The van der Waals surface area contributed by atoms with Gasteiger partial charge in [0.1, 0.15) is 10.7 Å². The molecule has 5 heteroatoms. The quantitative estimate of drug-likeness (QED) is 0.829. The molecule has 0 saturated carbocycles. The number of hydrogen-bond acceptors (Lipinski definition) is 4. The topological polar surface area (TPSA) is 56.5 Å². The summed E-state index contributed by atoms with van der Waals surface area (Å²) in [5, 5.41) is 3.52. The van der Waals surface area contributed by atoms with Crippen molar-refractivity contribution < 1.29 is 9.47 Å². The molecule has 1 aromatic rings. The summed E-state index contributed by atoms with van der Waals surface area (Å²) < 4.78 is 10.9. The van der Waals surface area contributed by atoms with Gasteiger partial charge in [0.25, 0.3) is 0 Å². The zero-order chi connectivity index (χ0) is 14.0. The van der Waals surface area contributed by atoms with Gasteiger partial charge < -0.3 is 20.5 Å². The van der Waals surface area contributed by atoms with Gasteiger partial charge in [0, 0.05) is 23.9 Å². The average Bonchev–Trinajstić information content (AvgIpc) is 2.68. The van der Waals surface area contributed by atoms with Crippen molar-refractivity contribution in [3.8, 4) is 5.75 Å². The van der Waals surface area contributed by atoms with Crippen LogP contribution in [-0.4, -0.2) is 30.3 Å². The Morgan fingerprint density at radius 2 is 2.32 bits per heavy atom. The minimum Gasteiger partial charge on any atom is -0.497 e. The number of thiocarbonyl (C=S) groups is 1. The highest BCUT2D eigenvalue weighted by molar-refractivity contribution is 7.80. The Balaban J connectivity index is 2.34. The fraction of sp³-hybridized carbons (Fsp3) is 0.500. The predicted molar refractivity (Wildman–Crippen MR) is 80.9 cm³/mol. The number of benzene rings is 1. The Hall–Kier alpha value is -1.33. The standard InChI is InChI=1S/C14H20N2O2S/c1-9-14(2,6-7-18-9)16-12-8-10(17-3)4-5-11(12)13(15)19/h4-5,8-9,16H,6-7H2,1-3H3,(H2,15,19). The maximum atomic E-state index is 5.78. The molecule has 1 aliphatic heterocycles. The molecule has 3 N–H and O–H groups in total. The number of nitrogens with one attached hydrogen (secondary N) is 1. The van der Waals surface area contributed by atoms with Crippen LogP contribution in [0, 0.1) is 0 Å². The third kappa shape index (κ3) is 2.82. The van der Waals surface area contributed by atoms with Gasteiger partial charge in [-0.1, -0.05) is 12.2 Å². The van der Waals surface area contributed by atoms with Crippen LogP contribution < -0.4 is 15.8 Å². The Morgan fingerprint density at radius 1 is 1.58 bits per heavy atom. The van der Waals surface area contributed by atoms with E-state index >= 15 is 0 Å². The van der Waals surface area contributed by atoms with Crippen molar-refractivity contribution in [2.75, 3.05) is 19.0 Å². The molecule has 1 aliphatic rings. The van der Waals surface area contributed by atoms with Crippen molar-refractivity contribution in [2.24, 2.45) is 5.73 Å². The molecule has 1 heterocycles. The van der Waals surface area contributed by atoms with Gasteiger partial charge in [0.05, 0.1) is 18.8 Å². The molecule has 2 unspecified atom stereocenters. The minimum absolute atomic E-state index is 0.119.